The first-order valence-corrected chi connectivity index (χ1v) is 3.39. The fourth-order valence-corrected chi connectivity index (χ4v) is 0. The van der Waals surface area contributed by atoms with Gasteiger partial charge in [-0.2, -0.15) is 5.26 Å². The minimum atomic E-state index is -5.25. The maximum atomic E-state index is 8.82. The van der Waals surface area contributed by atoms with Crippen LogP contribution in [0.1, 0.15) is 0 Å². The summed E-state index contributed by atoms with van der Waals surface area (Å²) in [4.78, 5) is 0. The molecule has 0 unspecified atom stereocenters. The summed E-state index contributed by atoms with van der Waals surface area (Å²) in [6.45, 7) is 0. The van der Waals surface area contributed by atoms with Crippen LogP contribution < -0.4 is 5.73 Å². The molecule has 0 heterocycles. The van der Waals surface area contributed by atoms with Gasteiger partial charge in [-0.05, 0) is 0 Å². The molecule has 60 valence electrons. The van der Waals surface area contributed by atoms with E-state index in [2.05, 4.69) is 5.73 Å². The average molecular weight is 578 g/mol. The second-order valence-electron chi connectivity index (χ2n) is 0.577. The molecule has 0 fully saturated rings. The van der Waals surface area contributed by atoms with E-state index in [-0.39, 0.29) is 54.6 Å². The van der Waals surface area contributed by atoms with E-state index in [4.69, 9.17) is 21.2 Å². The van der Waals surface area contributed by atoms with Crippen LogP contribution in [0, 0.1) is 11.5 Å². The third-order valence-electron chi connectivity index (χ3n) is 0. The monoisotopic (exact) mass is 580 g/mol. The molecule has 4 radical (unpaired) electrons. The van der Waals surface area contributed by atoms with Gasteiger partial charge in [0.05, 0.1) is 0 Å². The summed E-state index contributed by atoms with van der Waals surface area (Å²) in [5.74, 6) is 0. The minimum absolute atomic E-state index is 0. The summed E-state index contributed by atoms with van der Waals surface area (Å²) >= 11 is -5.25. The Morgan fingerprint density at radius 2 is 1.30 bits per heavy atom. The van der Waals surface area contributed by atoms with Crippen LogP contribution in [0.25, 0.3) is 0 Å². The van der Waals surface area contributed by atoms with Crippen LogP contribution in [0.2, 0.25) is 0 Å². The van der Waals surface area contributed by atoms with Gasteiger partial charge < -0.3 is 5.73 Å². The summed E-state index contributed by atoms with van der Waals surface area (Å²) in [5.41, 5.74) is 4.15. The van der Waals surface area contributed by atoms with Crippen molar-refractivity contribution in [2.24, 2.45) is 5.73 Å². The van der Waals surface area contributed by atoms with E-state index in [1.54, 1.807) is 0 Å². The van der Waals surface area contributed by atoms with Crippen LogP contribution in [0.4, 0.5) is 0 Å². The first-order chi connectivity index (χ1) is 3.41. The number of nitrogens with zero attached hydrogens (tertiary/aromatic N) is 1. The van der Waals surface area contributed by atoms with Gasteiger partial charge in [0.25, 0.3) is 0 Å². The summed E-state index contributed by atoms with van der Waals surface area (Å²) in [6.07, 6.45) is 1.25. The SMILES string of the molecule is N#CN.[O]=[Cr](=[O])([OH])[OH].[PbH2].[PbH2]. The fourth-order valence-electron chi connectivity index (χ4n) is 0. The first kappa shape index (κ1) is 22.5. The van der Waals surface area contributed by atoms with Crippen LogP contribution in [0.3, 0.4) is 0 Å². The van der Waals surface area contributed by atoms with E-state index >= 15 is 0 Å². The molecule has 9 heteroatoms. The van der Waals surface area contributed by atoms with Gasteiger partial charge in [0.2, 0.25) is 0 Å². The Bertz CT molecular complexity index is 162. The molecule has 0 atom stereocenters. The third kappa shape index (κ3) is 437. The number of rotatable bonds is 0. The van der Waals surface area contributed by atoms with Crippen molar-refractivity contribution in [3.63, 3.8) is 0 Å². The molecule has 0 amide bonds. The molecule has 0 rings (SSSR count). The zero-order chi connectivity index (χ0) is 7.21. The van der Waals surface area contributed by atoms with Crippen molar-refractivity contribution in [2.75, 3.05) is 0 Å². The predicted molar refractivity (Wildman–Crippen MR) is 32.7 cm³/mol. The molecule has 0 aliphatic heterocycles. The Morgan fingerprint density at radius 1 is 1.30 bits per heavy atom. The van der Waals surface area contributed by atoms with Crippen molar-refractivity contribution in [1.29, 1.82) is 5.26 Å². The predicted octanol–water partition coefficient (Wildman–Crippen LogP) is -3.76. The van der Waals surface area contributed by atoms with Crippen molar-refractivity contribution in [3.05, 3.63) is 0 Å². The quantitative estimate of drug-likeness (QED) is 0.154. The normalized spacial score (nSPS) is 6.50. The fraction of sp³-hybridized carbons (Fsp3) is 0. The Kier molecular flexibility index (Phi) is 28.8. The van der Waals surface area contributed by atoms with E-state index in [0.717, 1.165) is 0 Å². The van der Waals surface area contributed by atoms with Crippen molar-refractivity contribution in [3.8, 4) is 6.19 Å². The molecule has 0 bridgehead atoms. The van der Waals surface area contributed by atoms with Crippen LogP contribution >= 0.6 is 0 Å². The summed E-state index contributed by atoms with van der Waals surface area (Å²) < 4.78 is 31.9. The number of hydrogen-bond acceptors (Lipinski definition) is 4. The number of nitriles is 1. The standard InChI is InChI=1S/CH2N2.Cr.2H2O.2O.2Pb.4H/c2-1-3;;;;;;;;;;;/h2H2;;2*1H2;;;;;;;;/q;+2;;;;;;;;;;/p-2. The van der Waals surface area contributed by atoms with Gasteiger partial charge in [0.1, 0.15) is 0 Å². The number of hydrogen-bond donors (Lipinski definition) is 3. The van der Waals surface area contributed by atoms with Crippen LogP contribution in [-0.2, 0) is 21.2 Å². The summed E-state index contributed by atoms with van der Waals surface area (Å²) in [6, 6.07) is 0. The Balaban J connectivity index is -0.0000000326. The van der Waals surface area contributed by atoms with E-state index in [0.29, 0.717) is 0 Å². The van der Waals surface area contributed by atoms with Gasteiger partial charge in [0, 0.05) is 0 Å². The third-order valence-corrected chi connectivity index (χ3v) is 0. The molecule has 0 saturated carbocycles. The van der Waals surface area contributed by atoms with Gasteiger partial charge in [-0.1, -0.05) is 0 Å². The molecular weight excluding hydrogens is 570 g/mol. The molecule has 0 saturated heterocycles. The van der Waals surface area contributed by atoms with Gasteiger partial charge in [-0.15, -0.1) is 0 Å². The maximum absolute atomic E-state index is 8.82. The molecule has 0 aliphatic carbocycles. The summed E-state index contributed by atoms with van der Waals surface area (Å²) in [7, 11) is 0. The van der Waals surface area contributed by atoms with Crippen molar-refractivity contribution in [1.82, 2.24) is 0 Å². The molecular formula is CH8CrN2O4Pb2. The van der Waals surface area contributed by atoms with Crippen LogP contribution in [0.15, 0.2) is 0 Å². The van der Waals surface area contributed by atoms with E-state index in [1.807, 2.05) is 0 Å². The average Bonchev–Trinajstić information content (AvgIpc) is 1.27. The summed E-state index contributed by atoms with van der Waals surface area (Å²) in [5, 5.41) is 7.10. The topological polar surface area (TPSA) is 124 Å². The van der Waals surface area contributed by atoms with E-state index in [1.165, 1.54) is 6.19 Å². The molecule has 4 N–H and O–H groups in total. The van der Waals surface area contributed by atoms with Crippen molar-refractivity contribution in [2.45, 2.75) is 0 Å². The van der Waals surface area contributed by atoms with Crippen LogP contribution in [0.5, 0.6) is 0 Å². The van der Waals surface area contributed by atoms with E-state index < -0.39 is 13.6 Å². The second-order valence-corrected chi connectivity index (χ2v) is 1.98. The molecule has 0 aromatic carbocycles. The molecule has 0 aliphatic rings. The Morgan fingerprint density at radius 3 is 1.30 bits per heavy atom. The van der Waals surface area contributed by atoms with Gasteiger partial charge >= 0.3 is 84.1 Å². The Labute approximate surface area is 100 Å². The molecule has 0 aromatic heterocycles. The molecule has 10 heavy (non-hydrogen) atoms. The van der Waals surface area contributed by atoms with Crippen molar-refractivity contribution < 1.29 is 29.5 Å². The first-order valence-electron chi connectivity index (χ1n) is 1.21. The number of nitrogens with two attached hydrogens (primary N) is 1. The Hall–Kier alpha value is 1.19. The second kappa shape index (κ2) is 12.8. The zero-order valence-corrected chi connectivity index (χ0v) is 17.3. The van der Waals surface area contributed by atoms with Crippen LogP contribution in [-0.4, -0.2) is 62.9 Å². The van der Waals surface area contributed by atoms with Gasteiger partial charge in [-0.3, -0.25) is 0 Å². The van der Waals surface area contributed by atoms with E-state index in [9.17, 15) is 0 Å². The van der Waals surface area contributed by atoms with Crippen molar-refractivity contribution >= 4 is 54.6 Å². The molecule has 6 nitrogen and oxygen atoms in total. The molecule has 0 spiro atoms. The van der Waals surface area contributed by atoms with Gasteiger partial charge in [-0.25, -0.2) is 0 Å². The zero-order valence-electron chi connectivity index (χ0n) is 5.06. The van der Waals surface area contributed by atoms with Gasteiger partial charge in [0.15, 0.2) is 6.19 Å². The molecule has 0 aromatic rings.